The third-order valence-corrected chi connectivity index (χ3v) is 2.61. The summed E-state index contributed by atoms with van der Waals surface area (Å²) in [6, 6.07) is 2.03. The van der Waals surface area contributed by atoms with Gasteiger partial charge in [-0.25, -0.2) is 9.97 Å². The highest BCUT2D eigenvalue weighted by molar-refractivity contribution is 5.31. The molecular formula is C14H21N5O. The van der Waals surface area contributed by atoms with Gasteiger partial charge in [-0.3, -0.25) is 0 Å². The molecule has 0 spiro atoms. The van der Waals surface area contributed by atoms with Crippen LogP contribution in [-0.4, -0.2) is 31.7 Å². The Morgan fingerprint density at radius 2 is 2.10 bits per heavy atom. The van der Waals surface area contributed by atoms with Gasteiger partial charge in [-0.15, -0.1) is 0 Å². The van der Waals surface area contributed by atoms with E-state index in [2.05, 4.69) is 27.2 Å². The van der Waals surface area contributed by atoms with Crippen molar-refractivity contribution in [3.05, 3.63) is 30.5 Å². The third-order valence-electron chi connectivity index (χ3n) is 2.61. The molecule has 20 heavy (non-hydrogen) atoms. The van der Waals surface area contributed by atoms with Crippen LogP contribution in [-0.2, 0) is 6.54 Å². The molecule has 0 bridgehead atoms. The monoisotopic (exact) mass is 275 g/mol. The van der Waals surface area contributed by atoms with Gasteiger partial charge in [0.1, 0.15) is 0 Å². The molecule has 0 amide bonds. The van der Waals surface area contributed by atoms with Gasteiger partial charge in [0.05, 0.1) is 12.4 Å². The van der Waals surface area contributed by atoms with E-state index in [0.29, 0.717) is 11.8 Å². The molecule has 2 aromatic heterocycles. The fraction of sp³-hybridized carbons (Fsp3) is 0.500. The van der Waals surface area contributed by atoms with Crippen LogP contribution < -0.4 is 10.1 Å². The lowest BCUT2D eigenvalue weighted by molar-refractivity contribution is 0.232. The first-order valence-corrected chi connectivity index (χ1v) is 6.77. The number of aromatic nitrogens is 4. The van der Waals surface area contributed by atoms with Crippen LogP contribution in [0.1, 0.15) is 26.5 Å². The van der Waals surface area contributed by atoms with Gasteiger partial charge in [0.25, 0.3) is 0 Å². The molecule has 0 radical (unpaired) electrons. The molecule has 1 N–H and O–H groups in total. The summed E-state index contributed by atoms with van der Waals surface area (Å²) < 4.78 is 7.63. The summed E-state index contributed by atoms with van der Waals surface area (Å²) in [5.74, 6) is 1.19. The summed E-state index contributed by atoms with van der Waals surface area (Å²) in [5, 5.41) is 3.28. The van der Waals surface area contributed by atoms with Crippen LogP contribution in [0.4, 0.5) is 5.95 Å². The standard InChI is InChI=1S/C14H21N5O/c1-10(2)20-13-7-11(3)16-14(18-13)17-12(4)8-19-6-5-15-9-19/h5-7,9-10,12H,8H2,1-4H3,(H,16,17,18). The second-order valence-corrected chi connectivity index (χ2v) is 5.14. The first-order chi connectivity index (χ1) is 9.52. The van der Waals surface area contributed by atoms with E-state index < -0.39 is 0 Å². The van der Waals surface area contributed by atoms with Crippen LogP contribution >= 0.6 is 0 Å². The highest BCUT2D eigenvalue weighted by atomic mass is 16.5. The van der Waals surface area contributed by atoms with Crippen LogP contribution in [0, 0.1) is 6.92 Å². The topological polar surface area (TPSA) is 64.9 Å². The average Bonchev–Trinajstić information content (AvgIpc) is 2.79. The van der Waals surface area contributed by atoms with Crippen molar-refractivity contribution in [2.75, 3.05) is 5.32 Å². The van der Waals surface area contributed by atoms with E-state index in [-0.39, 0.29) is 12.1 Å². The smallest absolute Gasteiger partial charge is 0.226 e. The molecule has 6 heteroatoms. The van der Waals surface area contributed by atoms with Gasteiger partial charge in [-0.1, -0.05) is 0 Å². The SMILES string of the molecule is Cc1cc(OC(C)C)nc(NC(C)Cn2ccnc2)n1. The van der Waals surface area contributed by atoms with Crippen LogP contribution in [0.15, 0.2) is 24.8 Å². The second kappa shape index (κ2) is 6.36. The number of hydrogen-bond donors (Lipinski definition) is 1. The van der Waals surface area contributed by atoms with Crippen molar-refractivity contribution < 1.29 is 4.74 Å². The van der Waals surface area contributed by atoms with Crippen LogP contribution in [0.25, 0.3) is 0 Å². The third kappa shape index (κ3) is 4.22. The highest BCUT2D eigenvalue weighted by Crippen LogP contribution is 2.14. The van der Waals surface area contributed by atoms with Crippen LogP contribution in [0.2, 0.25) is 0 Å². The molecule has 1 unspecified atom stereocenters. The molecule has 0 saturated heterocycles. The van der Waals surface area contributed by atoms with Gasteiger partial charge >= 0.3 is 0 Å². The minimum Gasteiger partial charge on any atom is -0.475 e. The Morgan fingerprint density at radius 3 is 2.75 bits per heavy atom. The first kappa shape index (κ1) is 14.3. The Bertz CT molecular complexity index is 539. The molecule has 0 aliphatic carbocycles. The Labute approximate surface area is 119 Å². The number of anilines is 1. The summed E-state index contributed by atoms with van der Waals surface area (Å²) in [7, 11) is 0. The summed E-state index contributed by atoms with van der Waals surface area (Å²) in [4.78, 5) is 12.8. The molecule has 0 aliphatic heterocycles. The summed E-state index contributed by atoms with van der Waals surface area (Å²) in [5.41, 5.74) is 0.882. The maximum absolute atomic E-state index is 5.62. The van der Waals surface area contributed by atoms with Crippen molar-refractivity contribution in [3.63, 3.8) is 0 Å². The fourth-order valence-corrected chi connectivity index (χ4v) is 1.88. The maximum Gasteiger partial charge on any atom is 0.226 e. The first-order valence-electron chi connectivity index (χ1n) is 6.77. The predicted octanol–water partition coefficient (Wildman–Crippen LogP) is 2.27. The molecule has 6 nitrogen and oxygen atoms in total. The van der Waals surface area contributed by atoms with Crippen molar-refractivity contribution >= 4 is 5.95 Å². The zero-order valence-corrected chi connectivity index (χ0v) is 12.4. The zero-order valence-electron chi connectivity index (χ0n) is 12.4. The Hall–Kier alpha value is -2.11. The van der Waals surface area contributed by atoms with E-state index in [9.17, 15) is 0 Å². The number of nitrogens with zero attached hydrogens (tertiary/aromatic N) is 4. The van der Waals surface area contributed by atoms with E-state index >= 15 is 0 Å². The van der Waals surface area contributed by atoms with Crippen molar-refractivity contribution in [2.45, 2.75) is 46.4 Å². The van der Waals surface area contributed by atoms with Gasteiger partial charge in [0.2, 0.25) is 11.8 Å². The van der Waals surface area contributed by atoms with E-state index in [1.165, 1.54) is 0 Å². The van der Waals surface area contributed by atoms with Crippen LogP contribution in [0.3, 0.4) is 0 Å². The van der Waals surface area contributed by atoms with Crippen molar-refractivity contribution in [1.82, 2.24) is 19.5 Å². The van der Waals surface area contributed by atoms with E-state index in [1.807, 2.05) is 37.6 Å². The van der Waals surface area contributed by atoms with Gasteiger partial charge in [-0.2, -0.15) is 4.98 Å². The second-order valence-electron chi connectivity index (χ2n) is 5.14. The van der Waals surface area contributed by atoms with Gasteiger partial charge < -0.3 is 14.6 Å². The van der Waals surface area contributed by atoms with Crippen LogP contribution in [0.5, 0.6) is 5.88 Å². The molecule has 0 aromatic carbocycles. The number of imidazole rings is 1. The number of ether oxygens (including phenoxy) is 1. The minimum atomic E-state index is 0.0977. The molecule has 0 saturated carbocycles. The van der Waals surface area contributed by atoms with E-state index in [4.69, 9.17) is 4.74 Å². The van der Waals surface area contributed by atoms with Gasteiger partial charge in [0.15, 0.2) is 0 Å². The predicted molar refractivity (Wildman–Crippen MR) is 77.8 cm³/mol. The van der Waals surface area contributed by atoms with Crippen molar-refractivity contribution in [2.24, 2.45) is 0 Å². The van der Waals surface area contributed by atoms with Crippen molar-refractivity contribution in [1.29, 1.82) is 0 Å². The van der Waals surface area contributed by atoms with E-state index in [0.717, 1.165) is 12.2 Å². The minimum absolute atomic E-state index is 0.0977. The number of rotatable bonds is 6. The Morgan fingerprint density at radius 1 is 1.30 bits per heavy atom. The lowest BCUT2D eigenvalue weighted by Gasteiger charge is -2.16. The lowest BCUT2D eigenvalue weighted by atomic mass is 10.3. The molecule has 0 aliphatic rings. The quantitative estimate of drug-likeness (QED) is 0.876. The summed E-state index contributed by atoms with van der Waals surface area (Å²) in [6.45, 7) is 8.77. The normalized spacial score (nSPS) is 12.4. The number of aryl methyl sites for hydroxylation is 1. The molecule has 1 atom stereocenters. The Balaban J connectivity index is 2.02. The lowest BCUT2D eigenvalue weighted by Crippen LogP contribution is -2.23. The molecule has 2 aromatic rings. The molecule has 2 heterocycles. The number of hydrogen-bond acceptors (Lipinski definition) is 5. The zero-order chi connectivity index (χ0) is 14.5. The van der Waals surface area contributed by atoms with Gasteiger partial charge in [-0.05, 0) is 27.7 Å². The summed E-state index contributed by atoms with van der Waals surface area (Å²) >= 11 is 0. The van der Waals surface area contributed by atoms with Gasteiger partial charge in [0, 0.05) is 36.7 Å². The molecule has 2 rings (SSSR count). The van der Waals surface area contributed by atoms with Crippen molar-refractivity contribution in [3.8, 4) is 5.88 Å². The average molecular weight is 275 g/mol. The number of nitrogens with one attached hydrogen (secondary N) is 1. The molecule has 108 valence electrons. The summed E-state index contributed by atoms with van der Waals surface area (Å²) in [6.07, 6.45) is 5.59. The Kier molecular flexibility index (Phi) is 4.55. The molecular weight excluding hydrogens is 254 g/mol. The highest BCUT2D eigenvalue weighted by Gasteiger charge is 2.08. The fourth-order valence-electron chi connectivity index (χ4n) is 1.88. The van der Waals surface area contributed by atoms with E-state index in [1.54, 1.807) is 12.5 Å². The maximum atomic E-state index is 5.62. The molecule has 0 fully saturated rings. The largest absolute Gasteiger partial charge is 0.475 e.